The number of hydrogen-bond donors (Lipinski definition) is 2. The second-order valence-corrected chi connectivity index (χ2v) is 8.20. The summed E-state index contributed by atoms with van der Waals surface area (Å²) in [7, 11) is 1.57. The van der Waals surface area contributed by atoms with Gasteiger partial charge in [0, 0.05) is 43.4 Å². The molecule has 2 fully saturated rings. The van der Waals surface area contributed by atoms with Crippen molar-refractivity contribution in [2.75, 3.05) is 25.1 Å². The van der Waals surface area contributed by atoms with Crippen LogP contribution in [-0.4, -0.2) is 36.2 Å². The molecular formula is C22H26FN5O. The maximum absolute atomic E-state index is 14.5. The smallest absolute Gasteiger partial charge is 0.225 e. The van der Waals surface area contributed by atoms with E-state index in [9.17, 15) is 4.39 Å². The Bertz CT molecular complexity index is 958. The SMILES string of the molecule is COc1cccc(F)c1C1=CNC(c2cc(C3CC3)nc(N3CC[C@@H](N)C3)n2)C1. The highest BCUT2D eigenvalue weighted by molar-refractivity contribution is 5.73. The number of hydrogen-bond acceptors (Lipinski definition) is 6. The number of benzene rings is 1. The van der Waals surface area contributed by atoms with Crippen molar-refractivity contribution in [3.05, 3.63) is 53.2 Å². The van der Waals surface area contributed by atoms with E-state index in [1.165, 1.54) is 18.9 Å². The Hall–Kier alpha value is -2.67. The van der Waals surface area contributed by atoms with E-state index in [1.54, 1.807) is 19.2 Å². The van der Waals surface area contributed by atoms with E-state index in [-0.39, 0.29) is 17.9 Å². The van der Waals surface area contributed by atoms with Gasteiger partial charge in [-0.1, -0.05) is 6.07 Å². The number of halogens is 1. The van der Waals surface area contributed by atoms with Crippen molar-refractivity contribution in [2.45, 2.75) is 43.7 Å². The number of nitrogens with one attached hydrogen (secondary N) is 1. The molecule has 0 bridgehead atoms. The predicted octanol–water partition coefficient (Wildman–Crippen LogP) is 3.11. The summed E-state index contributed by atoms with van der Waals surface area (Å²) in [6.45, 7) is 1.68. The van der Waals surface area contributed by atoms with E-state index in [0.29, 0.717) is 23.7 Å². The first-order valence-electron chi connectivity index (χ1n) is 10.3. The molecule has 1 aromatic carbocycles. The van der Waals surface area contributed by atoms with Crippen LogP contribution in [0, 0.1) is 5.82 Å². The molecule has 152 valence electrons. The summed E-state index contributed by atoms with van der Waals surface area (Å²) in [5.41, 5.74) is 9.57. The van der Waals surface area contributed by atoms with Crippen molar-refractivity contribution in [3.8, 4) is 5.75 Å². The van der Waals surface area contributed by atoms with Gasteiger partial charge in [0.2, 0.25) is 5.95 Å². The minimum atomic E-state index is -0.272. The Morgan fingerprint density at radius 2 is 2.03 bits per heavy atom. The van der Waals surface area contributed by atoms with Crippen molar-refractivity contribution in [1.82, 2.24) is 15.3 Å². The van der Waals surface area contributed by atoms with Crippen LogP contribution in [0.5, 0.6) is 5.75 Å². The van der Waals surface area contributed by atoms with Crippen LogP contribution in [0.3, 0.4) is 0 Å². The van der Waals surface area contributed by atoms with Crippen molar-refractivity contribution in [1.29, 1.82) is 0 Å². The summed E-state index contributed by atoms with van der Waals surface area (Å²) in [4.78, 5) is 11.9. The van der Waals surface area contributed by atoms with Gasteiger partial charge in [0.05, 0.1) is 24.4 Å². The van der Waals surface area contributed by atoms with E-state index in [2.05, 4.69) is 16.3 Å². The largest absolute Gasteiger partial charge is 0.496 e. The number of nitrogens with two attached hydrogens (primary N) is 1. The van der Waals surface area contributed by atoms with Crippen LogP contribution >= 0.6 is 0 Å². The molecule has 3 heterocycles. The summed E-state index contributed by atoms with van der Waals surface area (Å²) < 4.78 is 19.9. The average molecular weight is 395 g/mol. The van der Waals surface area contributed by atoms with E-state index in [4.69, 9.17) is 20.4 Å². The predicted molar refractivity (Wildman–Crippen MR) is 110 cm³/mol. The Kier molecular flexibility index (Phi) is 4.62. The molecule has 29 heavy (non-hydrogen) atoms. The zero-order valence-corrected chi connectivity index (χ0v) is 16.6. The number of rotatable bonds is 5. The zero-order chi connectivity index (χ0) is 20.0. The monoisotopic (exact) mass is 395 g/mol. The lowest BCUT2D eigenvalue weighted by molar-refractivity contribution is 0.409. The van der Waals surface area contributed by atoms with Gasteiger partial charge in [0.1, 0.15) is 11.6 Å². The molecule has 0 amide bonds. The normalized spacial score (nSPS) is 23.8. The molecule has 1 aliphatic carbocycles. The second kappa shape index (κ2) is 7.30. The van der Waals surface area contributed by atoms with E-state index >= 15 is 0 Å². The van der Waals surface area contributed by atoms with E-state index in [0.717, 1.165) is 42.4 Å². The highest BCUT2D eigenvalue weighted by atomic mass is 19.1. The van der Waals surface area contributed by atoms with Crippen molar-refractivity contribution >= 4 is 11.5 Å². The first-order chi connectivity index (χ1) is 14.1. The third-order valence-electron chi connectivity index (χ3n) is 6.01. The molecule has 1 saturated carbocycles. The van der Waals surface area contributed by atoms with Gasteiger partial charge in [0.25, 0.3) is 0 Å². The maximum atomic E-state index is 14.5. The van der Waals surface area contributed by atoms with Gasteiger partial charge in [-0.25, -0.2) is 14.4 Å². The third kappa shape index (κ3) is 3.55. The van der Waals surface area contributed by atoms with E-state index < -0.39 is 0 Å². The Labute approximate surface area is 170 Å². The lowest BCUT2D eigenvalue weighted by Crippen LogP contribution is -2.28. The maximum Gasteiger partial charge on any atom is 0.225 e. The molecule has 1 aromatic heterocycles. The zero-order valence-electron chi connectivity index (χ0n) is 16.6. The Morgan fingerprint density at radius 1 is 1.21 bits per heavy atom. The molecular weight excluding hydrogens is 369 g/mol. The van der Waals surface area contributed by atoms with E-state index in [1.807, 2.05) is 6.20 Å². The van der Waals surface area contributed by atoms with Crippen LogP contribution in [0.25, 0.3) is 5.57 Å². The highest BCUT2D eigenvalue weighted by Crippen LogP contribution is 2.42. The summed E-state index contributed by atoms with van der Waals surface area (Å²) >= 11 is 0. The molecule has 0 spiro atoms. The molecule has 2 aliphatic heterocycles. The summed E-state index contributed by atoms with van der Waals surface area (Å²) in [5, 5.41) is 3.40. The minimum Gasteiger partial charge on any atom is -0.496 e. The molecule has 2 aromatic rings. The fraction of sp³-hybridized carbons (Fsp3) is 0.455. The van der Waals surface area contributed by atoms with Crippen LogP contribution in [0.2, 0.25) is 0 Å². The molecule has 3 N–H and O–H groups in total. The lowest BCUT2D eigenvalue weighted by Gasteiger charge is -2.20. The standard InChI is InChI=1S/C22H26FN5O/c1-29-20-4-2-3-16(23)21(20)14-9-18(25-11-14)19-10-17(13-5-6-13)26-22(27-19)28-8-7-15(24)12-28/h2-4,10-11,13,15,18,25H,5-9,12,24H2,1H3/t15-,18?/m1/s1. The van der Waals surface area contributed by atoms with Crippen LogP contribution in [0.1, 0.15) is 54.6 Å². The van der Waals surface area contributed by atoms with Gasteiger partial charge in [-0.2, -0.15) is 0 Å². The van der Waals surface area contributed by atoms with Crippen LogP contribution in [0.4, 0.5) is 10.3 Å². The van der Waals surface area contributed by atoms with Gasteiger partial charge in [0.15, 0.2) is 0 Å². The van der Waals surface area contributed by atoms with Crippen LogP contribution < -0.4 is 20.7 Å². The fourth-order valence-electron chi connectivity index (χ4n) is 4.24. The summed E-state index contributed by atoms with van der Waals surface area (Å²) in [6.07, 6.45) is 5.87. The molecule has 2 atom stereocenters. The molecule has 1 saturated heterocycles. The van der Waals surface area contributed by atoms with Crippen molar-refractivity contribution in [3.63, 3.8) is 0 Å². The van der Waals surface area contributed by atoms with Crippen LogP contribution in [0.15, 0.2) is 30.5 Å². The van der Waals surface area contributed by atoms with Gasteiger partial charge < -0.3 is 20.7 Å². The number of anilines is 1. The molecule has 0 radical (unpaired) electrons. The lowest BCUT2D eigenvalue weighted by atomic mass is 9.99. The number of nitrogens with zero attached hydrogens (tertiary/aromatic N) is 3. The Balaban J connectivity index is 1.43. The Morgan fingerprint density at radius 3 is 2.76 bits per heavy atom. The minimum absolute atomic E-state index is 0.00941. The molecule has 7 heteroatoms. The summed E-state index contributed by atoms with van der Waals surface area (Å²) in [6, 6.07) is 7.21. The molecule has 5 rings (SSSR count). The van der Waals surface area contributed by atoms with Gasteiger partial charge >= 0.3 is 0 Å². The molecule has 6 nitrogen and oxygen atoms in total. The van der Waals surface area contributed by atoms with Gasteiger partial charge in [-0.15, -0.1) is 0 Å². The van der Waals surface area contributed by atoms with Crippen molar-refractivity contribution < 1.29 is 9.13 Å². The molecule has 3 aliphatic rings. The number of methoxy groups -OCH3 is 1. The summed E-state index contributed by atoms with van der Waals surface area (Å²) in [5.74, 6) is 1.58. The molecule has 1 unspecified atom stereocenters. The fourth-order valence-corrected chi connectivity index (χ4v) is 4.24. The number of aromatic nitrogens is 2. The quantitative estimate of drug-likeness (QED) is 0.810. The van der Waals surface area contributed by atoms with Gasteiger partial charge in [-0.05, 0) is 43.0 Å². The highest BCUT2D eigenvalue weighted by Gasteiger charge is 2.31. The third-order valence-corrected chi connectivity index (χ3v) is 6.01. The first-order valence-corrected chi connectivity index (χ1v) is 10.3. The van der Waals surface area contributed by atoms with Gasteiger partial charge in [-0.3, -0.25) is 0 Å². The first kappa shape index (κ1) is 18.4. The number of ether oxygens (including phenoxy) is 1. The topological polar surface area (TPSA) is 76.3 Å². The average Bonchev–Trinajstić information content (AvgIpc) is 3.31. The second-order valence-electron chi connectivity index (χ2n) is 8.20. The van der Waals surface area contributed by atoms with Crippen molar-refractivity contribution in [2.24, 2.45) is 5.73 Å². The van der Waals surface area contributed by atoms with Crippen LogP contribution in [-0.2, 0) is 0 Å².